The Labute approximate surface area is 181 Å². The number of carbonyl (C=O) groups is 1. The van der Waals surface area contributed by atoms with Crippen LogP contribution in [0.1, 0.15) is 37.2 Å². The van der Waals surface area contributed by atoms with E-state index in [0.29, 0.717) is 35.7 Å². The molecule has 4 rings (SSSR count). The number of fused-ring (bicyclic) bond motifs is 1. The van der Waals surface area contributed by atoms with Gasteiger partial charge in [0.15, 0.2) is 5.69 Å². The SMILES string of the molecule is CCOc1ccc(-n2nc(C(=O)NCC3CCCN3CC)c3ccccc3c2=O)cc1. The number of likely N-dealkylation sites (tertiary alicyclic amines) is 1. The molecule has 0 radical (unpaired) electrons. The van der Waals surface area contributed by atoms with Gasteiger partial charge in [0.05, 0.1) is 17.7 Å². The molecule has 162 valence electrons. The highest BCUT2D eigenvalue weighted by molar-refractivity contribution is 6.04. The number of benzene rings is 2. The second kappa shape index (κ2) is 9.31. The maximum absolute atomic E-state index is 13.1. The molecule has 0 saturated carbocycles. The average molecular weight is 421 g/mol. The topological polar surface area (TPSA) is 76.5 Å². The second-order valence-corrected chi connectivity index (χ2v) is 7.67. The number of rotatable bonds is 7. The lowest BCUT2D eigenvalue weighted by atomic mass is 10.1. The van der Waals surface area contributed by atoms with E-state index in [0.717, 1.165) is 31.7 Å². The van der Waals surface area contributed by atoms with Crippen molar-refractivity contribution < 1.29 is 9.53 Å². The Hall–Kier alpha value is -3.19. The third kappa shape index (κ3) is 4.32. The molecule has 1 aliphatic rings. The van der Waals surface area contributed by atoms with E-state index in [9.17, 15) is 9.59 Å². The van der Waals surface area contributed by atoms with E-state index in [-0.39, 0.29) is 17.2 Å². The first-order valence-corrected chi connectivity index (χ1v) is 10.9. The van der Waals surface area contributed by atoms with Crippen LogP contribution in [0.2, 0.25) is 0 Å². The molecule has 1 unspecified atom stereocenters. The first-order chi connectivity index (χ1) is 15.1. The normalized spacial score (nSPS) is 16.5. The highest BCUT2D eigenvalue weighted by Gasteiger charge is 2.24. The maximum atomic E-state index is 13.1. The van der Waals surface area contributed by atoms with Crippen LogP contribution in [-0.4, -0.2) is 52.9 Å². The third-order valence-electron chi connectivity index (χ3n) is 5.82. The molecular weight excluding hydrogens is 392 g/mol. The lowest BCUT2D eigenvalue weighted by Crippen LogP contribution is -2.40. The molecule has 7 nitrogen and oxygen atoms in total. The molecule has 2 heterocycles. The van der Waals surface area contributed by atoms with Gasteiger partial charge in [0, 0.05) is 18.0 Å². The van der Waals surface area contributed by atoms with Crippen LogP contribution in [0, 0.1) is 0 Å². The Bertz CT molecular complexity index is 1120. The summed E-state index contributed by atoms with van der Waals surface area (Å²) in [4.78, 5) is 28.6. The molecule has 1 amide bonds. The fraction of sp³-hybridized carbons (Fsp3) is 0.375. The summed E-state index contributed by atoms with van der Waals surface area (Å²) < 4.78 is 6.77. The van der Waals surface area contributed by atoms with Crippen molar-refractivity contribution >= 4 is 16.7 Å². The molecule has 1 fully saturated rings. The number of hydrogen-bond donors (Lipinski definition) is 1. The van der Waals surface area contributed by atoms with E-state index in [4.69, 9.17) is 4.74 Å². The van der Waals surface area contributed by atoms with Gasteiger partial charge in [0.25, 0.3) is 11.5 Å². The number of hydrogen-bond acceptors (Lipinski definition) is 5. The number of carbonyl (C=O) groups excluding carboxylic acids is 1. The van der Waals surface area contributed by atoms with Gasteiger partial charge in [-0.3, -0.25) is 14.5 Å². The van der Waals surface area contributed by atoms with E-state index < -0.39 is 0 Å². The minimum Gasteiger partial charge on any atom is -0.494 e. The molecule has 1 N–H and O–H groups in total. The predicted octanol–water partition coefficient (Wildman–Crippen LogP) is 3.00. The molecular formula is C24H28N4O3. The number of nitrogens with zero attached hydrogens (tertiary/aromatic N) is 3. The van der Waals surface area contributed by atoms with Gasteiger partial charge in [0.2, 0.25) is 0 Å². The van der Waals surface area contributed by atoms with Gasteiger partial charge in [0.1, 0.15) is 5.75 Å². The Morgan fingerprint density at radius 1 is 1.13 bits per heavy atom. The van der Waals surface area contributed by atoms with E-state index in [1.165, 1.54) is 4.68 Å². The monoisotopic (exact) mass is 420 g/mol. The van der Waals surface area contributed by atoms with E-state index in [1.54, 1.807) is 42.5 Å². The summed E-state index contributed by atoms with van der Waals surface area (Å²) in [5.41, 5.74) is 0.579. The zero-order chi connectivity index (χ0) is 21.8. The van der Waals surface area contributed by atoms with Crippen molar-refractivity contribution in [2.45, 2.75) is 32.7 Å². The highest BCUT2D eigenvalue weighted by Crippen LogP contribution is 2.19. The summed E-state index contributed by atoms with van der Waals surface area (Å²) in [6.07, 6.45) is 2.23. The second-order valence-electron chi connectivity index (χ2n) is 7.67. The van der Waals surface area contributed by atoms with Crippen LogP contribution in [0.5, 0.6) is 5.75 Å². The van der Waals surface area contributed by atoms with E-state index in [2.05, 4.69) is 22.2 Å². The van der Waals surface area contributed by atoms with Crippen molar-refractivity contribution in [3.63, 3.8) is 0 Å². The smallest absolute Gasteiger partial charge is 0.279 e. The molecule has 2 aromatic carbocycles. The number of likely N-dealkylation sites (N-methyl/N-ethyl adjacent to an activating group) is 1. The zero-order valence-corrected chi connectivity index (χ0v) is 18.0. The fourth-order valence-corrected chi connectivity index (χ4v) is 4.22. The van der Waals surface area contributed by atoms with Crippen molar-refractivity contribution in [2.24, 2.45) is 0 Å². The Kier molecular flexibility index (Phi) is 6.32. The maximum Gasteiger partial charge on any atom is 0.279 e. The van der Waals surface area contributed by atoms with Gasteiger partial charge >= 0.3 is 0 Å². The van der Waals surface area contributed by atoms with Gasteiger partial charge in [-0.25, -0.2) is 0 Å². The summed E-state index contributed by atoms with van der Waals surface area (Å²) in [6, 6.07) is 14.6. The van der Waals surface area contributed by atoms with Crippen LogP contribution >= 0.6 is 0 Å². The summed E-state index contributed by atoms with van der Waals surface area (Å²) in [7, 11) is 0. The van der Waals surface area contributed by atoms with Crippen LogP contribution < -0.4 is 15.6 Å². The van der Waals surface area contributed by atoms with Crippen LogP contribution in [0.15, 0.2) is 53.3 Å². The first kappa shape index (κ1) is 21.1. The summed E-state index contributed by atoms with van der Waals surface area (Å²) in [6.45, 7) is 7.24. The van der Waals surface area contributed by atoms with Crippen LogP contribution in [0.25, 0.3) is 16.5 Å². The van der Waals surface area contributed by atoms with Crippen molar-refractivity contribution in [3.05, 3.63) is 64.6 Å². The van der Waals surface area contributed by atoms with Gasteiger partial charge in [-0.2, -0.15) is 9.78 Å². The molecule has 1 atom stereocenters. The lowest BCUT2D eigenvalue weighted by Gasteiger charge is -2.23. The molecule has 1 aromatic heterocycles. The number of nitrogens with one attached hydrogen (secondary N) is 1. The van der Waals surface area contributed by atoms with Gasteiger partial charge in [-0.05, 0) is 63.2 Å². The Morgan fingerprint density at radius 2 is 1.87 bits per heavy atom. The first-order valence-electron chi connectivity index (χ1n) is 10.9. The average Bonchev–Trinajstić information content (AvgIpc) is 3.26. The molecule has 1 saturated heterocycles. The number of aromatic nitrogens is 2. The summed E-state index contributed by atoms with van der Waals surface area (Å²) in [5, 5.41) is 8.54. The largest absolute Gasteiger partial charge is 0.494 e. The molecule has 1 aliphatic heterocycles. The zero-order valence-electron chi connectivity index (χ0n) is 18.0. The Balaban J connectivity index is 1.68. The third-order valence-corrected chi connectivity index (χ3v) is 5.82. The number of amides is 1. The minimum absolute atomic E-state index is 0.255. The highest BCUT2D eigenvalue weighted by atomic mass is 16.5. The Morgan fingerprint density at radius 3 is 2.58 bits per heavy atom. The van der Waals surface area contributed by atoms with Crippen LogP contribution in [0.4, 0.5) is 0 Å². The van der Waals surface area contributed by atoms with Crippen molar-refractivity contribution in [2.75, 3.05) is 26.2 Å². The minimum atomic E-state index is -0.265. The molecule has 0 spiro atoms. The van der Waals surface area contributed by atoms with Crippen LogP contribution in [-0.2, 0) is 0 Å². The standard InChI is InChI=1S/C24H28N4O3/c1-3-27-15-7-8-18(27)16-25-23(29)22-20-9-5-6-10-21(20)24(30)28(26-22)17-11-13-19(14-12-17)31-4-2/h5-6,9-14,18H,3-4,7-8,15-16H2,1-2H3,(H,25,29). The molecule has 0 aliphatic carbocycles. The van der Waals surface area contributed by atoms with Gasteiger partial charge in [-0.15, -0.1) is 0 Å². The van der Waals surface area contributed by atoms with Gasteiger partial charge < -0.3 is 10.1 Å². The summed E-state index contributed by atoms with van der Waals surface area (Å²) >= 11 is 0. The van der Waals surface area contributed by atoms with Gasteiger partial charge in [-0.1, -0.05) is 25.1 Å². The molecule has 31 heavy (non-hydrogen) atoms. The molecule has 0 bridgehead atoms. The van der Waals surface area contributed by atoms with Crippen molar-refractivity contribution in [1.82, 2.24) is 20.0 Å². The lowest BCUT2D eigenvalue weighted by molar-refractivity contribution is 0.0936. The quantitative estimate of drug-likeness (QED) is 0.636. The fourth-order valence-electron chi connectivity index (χ4n) is 4.22. The van der Waals surface area contributed by atoms with E-state index >= 15 is 0 Å². The van der Waals surface area contributed by atoms with Crippen molar-refractivity contribution in [3.8, 4) is 11.4 Å². The molecule has 7 heteroatoms. The van der Waals surface area contributed by atoms with Crippen LogP contribution in [0.3, 0.4) is 0 Å². The summed E-state index contributed by atoms with van der Waals surface area (Å²) in [5.74, 6) is 0.453. The van der Waals surface area contributed by atoms with E-state index in [1.807, 2.05) is 13.0 Å². The number of ether oxygens (including phenoxy) is 1. The predicted molar refractivity (Wildman–Crippen MR) is 121 cm³/mol. The van der Waals surface area contributed by atoms with Crippen molar-refractivity contribution in [1.29, 1.82) is 0 Å². The molecule has 3 aromatic rings.